The fourth-order valence-electron chi connectivity index (χ4n) is 3.89. The predicted molar refractivity (Wildman–Crippen MR) is 128 cm³/mol. The molecule has 0 fully saturated rings. The second-order valence-corrected chi connectivity index (χ2v) is 9.79. The number of aliphatic hydroxyl groups excluding tert-OH is 1. The zero-order valence-electron chi connectivity index (χ0n) is 19.9. The number of amides is 1. The fourth-order valence-corrected chi connectivity index (χ4v) is 4.77. The summed E-state index contributed by atoms with van der Waals surface area (Å²) in [6, 6.07) is 6.69. The first-order valence-corrected chi connectivity index (χ1v) is 12.0. The average molecular weight is 473 g/mol. The lowest BCUT2D eigenvalue weighted by Crippen LogP contribution is -2.32. The summed E-state index contributed by atoms with van der Waals surface area (Å²) in [5, 5.41) is 11.6. The van der Waals surface area contributed by atoms with Gasteiger partial charge in [-0.15, -0.1) is 11.3 Å². The first kappa shape index (κ1) is 24.9. The number of nitrogens with zero attached hydrogens (tertiary/aromatic N) is 2. The van der Waals surface area contributed by atoms with Crippen molar-refractivity contribution >= 4 is 23.0 Å². The van der Waals surface area contributed by atoms with E-state index in [4.69, 9.17) is 9.47 Å². The van der Waals surface area contributed by atoms with Crippen LogP contribution in [0.3, 0.4) is 0 Å². The summed E-state index contributed by atoms with van der Waals surface area (Å²) in [6.45, 7) is 9.25. The van der Waals surface area contributed by atoms with E-state index in [1.54, 1.807) is 14.0 Å². The van der Waals surface area contributed by atoms with E-state index in [-0.39, 0.29) is 11.4 Å². The van der Waals surface area contributed by atoms with Gasteiger partial charge in [0.25, 0.3) is 5.91 Å². The third-order valence-corrected chi connectivity index (χ3v) is 6.61. The summed E-state index contributed by atoms with van der Waals surface area (Å²) in [4.78, 5) is 32.9. The van der Waals surface area contributed by atoms with E-state index in [2.05, 4.69) is 18.8 Å². The van der Waals surface area contributed by atoms with Gasteiger partial charge < -0.3 is 19.5 Å². The highest BCUT2D eigenvalue weighted by Gasteiger charge is 2.44. The molecule has 0 aliphatic carbocycles. The monoisotopic (exact) mass is 472 g/mol. The van der Waals surface area contributed by atoms with Crippen molar-refractivity contribution in [3.05, 3.63) is 56.7 Å². The molecule has 8 heteroatoms. The third-order valence-electron chi connectivity index (χ3n) is 5.54. The Hall–Kier alpha value is -2.71. The first-order valence-electron chi connectivity index (χ1n) is 11.2. The Bertz CT molecular complexity index is 1040. The van der Waals surface area contributed by atoms with Gasteiger partial charge in [-0.25, -0.2) is 4.98 Å². The summed E-state index contributed by atoms with van der Waals surface area (Å²) in [5.74, 6) is -0.231. The normalized spacial score (nSPS) is 16.2. The van der Waals surface area contributed by atoms with Crippen LogP contribution in [-0.2, 0) is 9.53 Å². The molecule has 1 atom stereocenters. The largest absolute Gasteiger partial charge is 0.503 e. The van der Waals surface area contributed by atoms with Crippen molar-refractivity contribution in [1.82, 2.24) is 9.88 Å². The lowest BCUT2D eigenvalue weighted by atomic mass is 9.95. The molecule has 1 N–H and O–H groups in total. The summed E-state index contributed by atoms with van der Waals surface area (Å²) in [7, 11) is 1.60. The van der Waals surface area contributed by atoms with E-state index in [9.17, 15) is 14.7 Å². The smallest absolute Gasteiger partial charge is 0.290 e. The Morgan fingerprint density at radius 3 is 2.67 bits per heavy atom. The third kappa shape index (κ3) is 5.62. The van der Waals surface area contributed by atoms with E-state index in [0.29, 0.717) is 54.0 Å². The van der Waals surface area contributed by atoms with E-state index in [1.165, 1.54) is 16.2 Å². The van der Waals surface area contributed by atoms with Crippen LogP contribution in [-0.4, -0.2) is 53.5 Å². The number of aliphatic hydroxyl groups is 1. The quantitative estimate of drug-likeness (QED) is 0.373. The van der Waals surface area contributed by atoms with Crippen molar-refractivity contribution in [3.8, 4) is 5.75 Å². The number of carbonyl (C=O) groups excluding carboxylic acids is 2. The molecule has 0 spiro atoms. The number of Topliss-reactive ketones (excluding diaryl/α,β-unsaturated/α-hetero) is 1. The van der Waals surface area contributed by atoms with Crippen LogP contribution in [0, 0.1) is 19.8 Å². The molecule has 1 unspecified atom stereocenters. The molecule has 2 heterocycles. The molecule has 7 nitrogen and oxygen atoms in total. The van der Waals surface area contributed by atoms with Gasteiger partial charge in [-0.1, -0.05) is 26.0 Å². The van der Waals surface area contributed by atoms with Gasteiger partial charge in [-0.2, -0.15) is 0 Å². The van der Waals surface area contributed by atoms with Crippen molar-refractivity contribution in [2.45, 2.75) is 46.6 Å². The maximum atomic E-state index is 13.5. The van der Waals surface area contributed by atoms with Crippen molar-refractivity contribution in [2.75, 3.05) is 26.9 Å². The second-order valence-electron chi connectivity index (χ2n) is 8.59. The van der Waals surface area contributed by atoms with Crippen LogP contribution in [0.5, 0.6) is 5.75 Å². The van der Waals surface area contributed by atoms with Crippen molar-refractivity contribution in [2.24, 2.45) is 5.92 Å². The van der Waals surface area contributed by atoms with Crippen LogP contribution >= 0.6 is 11.3 Å². The van der Waals surface area contributed by atoms with Gasteiger partial charge in [0.05, 0.1) is 33.8 Å². The Kier molecular flexibility index (Phi) is 8.26. The van der Waals surface area contributed by atoms with Crippen molar-refractivity contribution in [3.63, 3.8) is 0 Å². The molecule has 3 rings (SSSR count). The highest BCUT2D eigenvalue weighted by molar-refractivity contribution is 7.14. The SMILES string of the molecule is COCCCN1C(=O)C(O)=C(C(=O)c2sc(C)nc2C)C1c1cccc(OCCC(C)C)c1. The molecular weight excluding hydrogens is 440 g/mol. The van der Waals surface area contributed by atoms with Gasteiger partial charge in [0.1, 0.15) is 5.75 Å². The van der Waals surface area contributed by atoms with Gasteiger partial charge in [0.2, 0.25) is 5.78 Å². The number of thiazole rings is 1. The Balaban J connectivity index is 1.99. The van der Waals surface area contributed by atoms with E-state index in [0.717, 1.165) is 11.4 Å². The number of hydrogen-bond donors (Lipinski definition) is 1. The van der Waals surface area contributed by atoms with E-state index in [1.807, 2.05) is 31.2 Å². The van der Waals surface area contributed by atoms with E-state index >= 15 is 0 Å². The molecule has 1 aliphatic rings. The molecule has 33 heavy (non-hydrogen) atoms. The van der Waals surface area contributed by atoms with E-state index < -0.39 is 17.7 Å². The maximum absolute atomic E-state index is 13.5. The second kappa shape index (κ2) is 10.9. The molecule has 0 radical (unpaired) electrons. The molecule has 1 amide bonds. The zero-order chi connectivity index (χ0) is 24.1. The molecule has 2 aromatic rings. The number of aryl methyl sites for hydroxylation is 2. The van der Waals surface area contributed by atoms with Crippen molar-refractivity contribution in [1.29, 1.82) is 0 Å². The van der Waals surface area contributed by atoms with Gasteiger partial charge in [0, 0.05) is 20.3 Å². The van der Waals surface area contributed by atoms with Gasteiger partial charge in [-0.3, -0.25) is 9.59 Å². The number of benzene rings is 1. The fraction of sp³-hybridized carbons (Fsp3) is 0.480. The number of hydrogen-bond acceptors (Lipinski definition) is 7. The molecule has 178 valence electrons. The highest BCUT2D eigenvalue weighted by atomic mass is 32.1. The van der Waals surface area contributed by atoms with Crippen LogP contribution < -0.4 is 4.74 Å². The Morgan fingerprint density at radius 1 is 1.27 bits per heavy atom. The minimum Gasteiger partial charge on any atom is -0.503 e. The van der Waals surface area contributed by atoms with Crippen LogP contribution in [0.1, 0.15) is 58.7 Å². The summed E-state index contributed by atoms with van der Waals surface area (Å²) in [6.07, 6.45) is 1.50. The van der Waals surface area contributed by atoms with Gasteiger partial charge >= 0.3 is 0 Å². The molecule has 1 aliphatic heterocycles. The number of ketones is 1. The summed E-state index contributed by atoms with van der Waals surface area (Å²) in [5.41, 5.74) is 1.40. The highest BCUT2D eigenvalue weighted by Crippen LogP contribution is 2.41. The topological polar surface area (TPSA) is 89.0 Å². The maximum Gasteiger partial charge on any atom is 0.290 e. The lowest BCUT2D eigenvalue weighted by Gasteiger charge is -2.27. The molecule has 1 aromatic carbocycles. The number of ether oxygens (including phenoxy) is 2. The molecule has 0 saturated carbocycles. The Labute approximate surface area is 199 Å². The van der Waals surface area contributed by atoms with Crippen LogP contribution in [0.4, 0.5) is 0 Å². The average Bonchev–Trinajstić information content (AvgIpc) is 3.24. The number of methoxy groups -OCH3 is 1. The number of rotatable bonds is 11. The Morgan fingerprint density at radius 2 is 2.03 bits per heavy atom. The summed E-state index contributed by atoms with van der Waals surface area (Å²) >= 11 is 1.27. The van der Waals surface area contributed by atoms with Crippen LogP contribution in [0.2, 0.25) is 0 Å². The predicted octanol–water partition coefficient (Wildman–Crippen LogP) is 4.80. The molecule has 1 aromatic heterocycles. The zero-order valence-corrected chi connectivity index (χ0v) is 20.7. The van der Waals surface area contributed by atoms with Crippen LogP contribution in [0.15, 0.2) is 35.6 Å². The van der Waals surface area contributed by atoms with Gasteiger partial charge in [-0.05, 0) is 50.3 Å². The van der Waals surface area contributed by atoms with Crippen LogP contribution in [0.25, 0.3) is 0 Å². The molecule has 0 saturated heterocycles. The number of carbonyl (C=O) groups is 2. The minimum absolute atomic E-state index is 0.0866. The standard InChI is InChI=1S/C25H32N2O5S/c1-15(2)10-13-32-19-9-6-8-18(14-19)21-20(22(28)24-16(3)26-17(4)33-24)23(29)25(30)27(21)11-7-12-31-5/h6,8-9,14-15,21,29H,7,10-13H2,1-5H3. The first-order chi connectivity index (χ1) is 15.7. The summed E-state index contributed by atoms with van der Waals surface area (Å²) < 4.78 is 11.1. The van der Waals surface area contributed by atoms with Gasteiger partial charge in [0.15, 0.2) is 5.76 Å². The number of aromatic nitrogens is 1. The lowest BCUT2D eigenvalue weighted by molar-refractivity contribution is -0.129. The molecule has 0 bridgehead atoms. The van der Waals surface area contributed by atoms with Crippen molar-refractivity contribution < 1.29 is 24.2 Å². The molecular formula is C25H32N2O5S. The minimum atomic E-state index is -0.711.